The predicted octanol–water partition coefficient (Wildman–Crippen LogP) is 1.09. The summed E-state index contributed by atoms with van der Waals surface area (Å²) in [5, 5.41) is 2.66. The summed E-state index contributed by atoms with van der Waals surface area (Å²) in [5.41, 5.74) is 0. The minimum Gasteiger partial charge on any atom is -1.00 e. The maximum atomic E-state index is 11.3. The van der Waals surface area contributed by atoms with Crippen molar-refractivity contribution in [3.63, 3.8) is 0 Å². The molecule has 22 heavy (non-hydrogen) atoms. The summed E-state index contributed by atoms with van der Waals surface area (Å²) in [5.74, 6) is -0.892. The summed E-state index contributed by atoms with van der Waals surface area (Å²) in [4.78, 5) is 22.4. The van der Waals surface area contributed by atoms with Gasteiger partial charge in [0, 0.05) is 6.42 Å². The molecule has 0 unspecified atom stereocenters. The van der Waals surface area contributed by atoms with Gasteiger partial charge >= 0.3 is 41.5 Å². The number of carbonyl (C=O) groups excluding carboxylic acids is 2. The number of hydrogen-bond donors (Lipinski definition) is 1. The molecule has 0 aromatic carbocycles. The molecule has 0 radical (unpaired) electrons. The Bertz CT molecular complexity index is 279. The van der Waals surface area contributed by atoms with Crippen molar-refractivity contribution >= 4 is 11.9 Å². The Kier molecular flexibility index (Phi) is 21.2. The molecule has 0 aliphatic heterocycles. The molecule has 0 aromatic rings. The number of rotatable bonds is 14. The van der Waals surface area contributed by atoms with Gasteiger partial charge in [0.2, 0.25) is 0 Å². The van der Waals surface area contributed by atoms with Crippen molar-refractivity contribution in [2.45, 2.75) is 84.0 Å². The van der Waals surface area contributed by atoms with Crippen LogP contribution >= 0.6 is 0 Å². The molecule has 1 N–H and O–H groups in total. The van der Waals surface area contributed by atoms with Crippen LogP contribution in [-0.2, 0) is 14.3 Å². The number of carbonyl (C=O) groups is 2. The molecular weight excluding hydrogens is 289 g/mol. The van der Waals surface area contributed by atoms with E-state index in [1.165, 1.54) is 57.8 Å². The molecule has 0 amide bonds. The zero-order valence-corrected chi connectivity index (χ0v) is 16.9. The summed E-state index contributed by atoms with van der Waals surface area (Å²) in [7, 11) is 1.65. The van der Waals surface area contributed by atoms with Gasteiger partial charge in [-0.25, -0.2) is 0 Å². The van der Waals surface area contributed by atoms with Crippen LogP contribution in [0.4, 0.5) is 0 Å². The maximum Gasteiger partial charge on any atom is 1.00 e. The standard InChI is InChI=1S/C17H33NO3.Na.H/c1-3-4-5-6-7-8-9-10-11-12-13-14-16(19)21-17(20)15-18-2;;/h18H,3-15H2,1-2H3;;/q;+1;-1. The molecular formula is C17H34NNaO3. The number of likely N-dealkylation sites (N-methyl/N-ethyl adjacent to an activating group) is 1. The van der Waals surface area contributed by atoms with Crippen LogP contribution in [0.3, 0.4) is 0 Å². The average Bonchev–Trinajstić information content (AvgIpc) is 2.45. The van der Waals surface area contributed by atoms with Crippen LogP contribution < -0.4 is 34.9 Å². The van der Waals surface area contributed by atoms with Crippen molar-refractivity contribution in [1.82, 2.24) is 5.32 Å². The van der Waals surface area contributed by atoms with Crippen LogP contribution in [0.5, 0.6) is 0 Å². The maximum absolute atomic E-state index is 11.3. The molecule has 0 aliphatic carbocycles. The van der Waals surface area contributed by atoms with Gasteiger partial charge in [-0.15, -0.1) is 0 Å². The summed E-state index contributed by atoms with van der Waals surface area (Å²) in [6.45, 7) is 2.33. The third kappa shape index (κ3) is 18.1. The van der Waals surface area contributed by atoms with Gasteiger partial charge in [0.25, 0.3) is 0 Å². The zero-order chi connectivity index (χ0) is 15.8. The Balaban J connectivity index is -0.00000200. The minimum atomic E-state index is -0.495. The number of esters is 2. The van der Waals surface area contributed by atoms with E-state index in [0.717, 1.165) is 12.8 Å². The number of nitrogens with one attached hydrogen (secondary N) is 1. The molecule has 0 saturated heterocycles. The van der Waals surface area contributed by atoms with Gasteiger partial charge in [-0.3, -0.25) is 9.59 Å². The van der Waals surface area contributed by atoms with Crippen LogP contribution in [0.25, 0.3) is 0 Å². The SMILES string of the molecule is CCCCCCCCCCCCCC(=O)OC(=O)CNC.[H-].[Na+]. The van der Waals surface area contributed by atoms with Crippen LogP contribution in [0.15, 0.2) is 0 Å². The fraction of sp³-hybridized carbons (Fsp3) is 0.882. The second-order valence-electron chi connectivity index (χ2n) is 5.66. The molecule has 0 fully saturated rings. The van der Waals surface area contributed by atoms with E-state index in [2.05, 4.69) is 17.0 Å². The van der Waals surface area contributed by atoms with E-state index >= 15 is 0 Å². The normalized spacial score (nSPS) is 10.1. The van der Waals surface area contributed by atoms with Crippen molar-refractivity contribution in [2.75, 3.05) is 13.6 Å². The van der Waals surface area contributed by atoms with Crippen molar-refractivity contribution < 1.29 is 45.3 Å². The Morgan fingerprint density at radius 2 is 1.27 bits per heavy atom. The molecule has 0 heterocycles. The van der Waals surface area contributed by atoms with E-state index in [9.17, 15) is 9.59 Å². The number of ether oxygens (including phenoxy) is 1. The number of hydrogen-bond acceptors (Lipinski definition) is 4. The van der Waals surface area contributed by atoms with E-state index in [-0.39, 0.29) is 37.5 Å². The Labute approximate surface area is 159 Å². The van der Waals surface area contributed by atoms with Crippen LogP contribution in [-0.4, -0.2) is 25.5 Å². The van der Waals surface area contributed by atoms with Gasteiger partial charge in [-0.2, -0.15) is 0 Å². The van der Waals surface area contributed by atoms with E-state index < -0.39 is 11.9 Å². The van der Waals surface area contributed by atoms with Gasteiger partial charge in [-0.05, 0) is 13.5 Å². The average molecular weight is 323 g/mol. The molecule has 0 spiro atoms. The van der Waals surface area contributed by atoms with E-state index in [0.29, 0.717) is 6.42 Å². The first-order chi connectivity index (χ1) is 10.2. The summed E-state index contributed by atoms with van der Waals surface area (Å²) >= 11 is 0. The van der Waals surface area contributed by atoms with Gasteiger partial charge in [0.1, 0.15) is 0 Å². The van der Waals surface area contributed by atoms with E-state index in [1.54, 1.807) is 7.05 Å². The molecule has 0 saturated carbocycles. The van der Waals surface area contributed by atoms with E-state index in [4.69, 9.17) is 0 Å². The first kappa shape index (κ1) is 24.4. The molecule has 5 heteroatoms. The Morgan fingerprint density at radius 1 is 0.818 bits per heavy atom. The first-order valence-electron chi connectivity index (χ1n) is 8.58. The smallest absolute Gasteiger partial charge is 1.00 e. The Morgan fingerprint density at radius 3 is 1.73 bits per heavy atom. The molecule has 0 atom stereocenters. The molecule has 0 bridgehead atoms. The Hall–Kier alpha value is 0.1000. The molecule has 4 nitrogen and oxygen atoms in total. The first-order valence-corrected chi connectivity index (χ1v) is 8.58. The van der Waals surface area contributed by atoms with Crippen LogP contribution in [0.2, 0.25) is 0 Å². The number of unbranched alkanes of at least 4 members (excludes halogenated alkanes) is 10. The topological polar surface area (TPSA) is 55.4 Å². The zero-order valence-electron chi connectivity index (χ0n) is 15.9. The van der Waals surface area contributed by atoms with Crippen molar-refractivity contribution in [2.24, 2.45) is 0 Å². The molecule has 0 aliphatic rings. The monoisotopic (exact) mass is 323 g/mol. The third-order valence-corrected chi connectivity index (χ3v) is 3.53. The van der Waals surface area contributed by atoms with Crippen LogP contribution in [0, 0.1) is 0 Å². The van der Waals surface area contributed by atoms with Gasteiger partial charge in [0.05, 0.1) is 6.54 Å². The van der Waals surface area contributed by atoms with Crippen molar-refractivity contribution in [3.05, 3.63) is 0 Å². The quantitative estimate of drug-likeness (QED) is 0.225. The van der Waals surface area contributed by atoms with Gasteiger partial charge in [0.15, 0.2) is 0 Å². The van der Waals surface area contributed by atoms with Crippen molar-refractivity contribution in [3.8, 4) is 0 Å². The second-order valence-corrected chi connectivity index (χ2v) is 5.66. The fourth-order valence-electron chi connectivity index (χ4n) is 2.29. The predicted molar refractivity (Wildman–Crippen MR) is 87.2 cm³/mol. The van der Waals surface area contributed by atoms with E-state index in [1.807, 2.05) is 0 Å². The van der Waals surface area contributed by atoms with Gasteiger partial charge in [-0.1, -0.05) is 71.1 Å². The summed E-state index contributed by atoms with van der Waals surface area (Å²) in [6, 6.07) is 0. The minimum absolute atomic E-state index is 0. The third-order valence-electron chi connectivity index (χ3n) is 3.53. The molecule has 0 rings (SSSR count). The summed E-state index contributed by atoms with van der Waals surface area (Å²) < 4.78 is 4.64. The summed E-state index contributed by atoms with van der Waals surface area (Å²) in [6.07, 6.45) is 14.1. The largest absolute Gasteiger partial charge is 1.00 e. The van der Waals surface area contributed by atoms with Crippen LogP contribution in [0.1, 0.15) is 85.4 Å². The molecule has 126 valence electrons. The molecule has 0 aromatic heterocycles. The van der Waals surface area contributed by atoms with Gasteiger partial charge < -0.3 is 11.5 Å². The van der Waals surface area contributed by atoms with Crippen molar-refractivity contribution in [1.29, 1.82) is 0 Å². The second kappa shape index (κ2) is 19.1. The fourth-order valence-corrected chi connectivity index (χ4v) is 2.29.